The predicted octanol–water partition coefficient (Wildman–Crippen LogP) is 3.40. The van der Waals surface area contributed by atoms with E-state index < -0.39 is 6.04 Å². The molecule has 0 aliphatic carbocycles. The van der Waals surface area contributed by atoms with Crippen LogP contribution in [0.15, 0.2) is 30.3 Å². The maximum atomic E-state index is 12.7. The maximum Gasteiger partial charge on any atom is 0.252 e. The number of nitrogens with one attached hydrogen (secondary N) is 2. The van der Waals surface area contributed by atoms with Crippen molar-refractivity contribution in [2.75, 3.05) is 14.2 Å². The second-order valence-corrected chi connectivity index (χ2v) is 7.99. The van der Waals surface area contributed by atoms with Crippen LogP contribution in [0.3, 0.4) is 0 Å². The lowest BCUT2D eigenvalue weighted by atomic mass is 10.0. The molecule has 0 bridgehead atoms. The standard InChI is InChI=1S/C21H28N2O4S/c1-6-17-7-8-18(28-17)12-22-21(25)19(13(2)3)23-20(24)14-9-15(26-4)11-16(10-14)27-5/h7-11,13,19H,6,12H2,1-5H3,(H,22,25)(H,23,24). The molecule has 1 aromatic carbocycles. The van der Waals surface area contributed by atoms with Crippen LogP contribution in [0.2, 0.25) is 0 Å². The number of carbonyl (C=O) groups excluding carboxylic acids is 2. The number of hydrogen-bond donors (Lipinski definition) is 2. The predicted molar refractivity (Wildman–Crippen MR) is 111 cm³/mol. The Morgan fingerprint density at radius 2 is 1.64 bits per heavy atom. The molecule has 0 radical (unpaired) electrons. The normalized spacial score (nSPS) is 11.8. The molecule has 1 aromatic heterocycles. The summed E-state index contributed by atoms with van der Waals surface area (Å²) >= 11 is 1.68. The van der Waals surface area contributed by atoms with E-state index >= 15 is 0 Å². The van der Waals surface area contributed by atoms with E-state index in [9.17, 15) is 9.59 Å². The number of carbonyl (C=O) groups is 2. The molecule has 0 spiro atoms. The van der Waals surface area contributed by atoms with Crippen LogP contribution in [-0.2, 0) is 17.8 Å². The van der Waals surface area contributed by atoms with Gasteiger partial charge in [0.25, 0.3) is 5.91 Å². The molecule has 0 aliphatic rings. The van der Waals surface area contributed by atoms with Crippen LogP contribution in [0, 0.1) is 5.92 Å². The molecule has 28 heavy (non-hydrogen) atoms. The summed E-state index contributed by atoms with van der Waals surface area (Å²) in [5.41, 5.74) is 0.375. The fourth-order valence-electron chi connectivity index (χ4n) is 2.69. The second-order valence-electron chi connectivity index (χ2n) is 6.74. The van der Waals surface area contributed by atoms with E-state index in [0.717, 1.165) is 11.3 Å². The van der Waals surface area contributed by atoms with Crippen LogP contribution < -0.4 is 20.1 Å². The summed E-state index contributed by atoms with van der Waals surface area (Å²) < 4.78 is 10.4. The molecular weight excluding hydrogens is 376 g/mol. The number of amides is 2. The lowest BCUT2D eigenvalue weighted by molar-refractivity contribution is -0.124. The number of thiophene rings is 1. The third-order valence-electron chi connectivity index (χ3n) is 4.35. The van der Waals surface area contributed by atoms with Gasteiger partial charge in [-0.15, -0.1) is 11.3 Å². The van der Waals surface area contributed by atoms with Crippen molar-refractivity contribution < 1.29 is 19.1 Å². The molecule has 2 aromatic rings. The Bertz CT molecular complexity index is 794. The van der Waals surface area contributed by atoms with Gasteiger partial charge in [0.05, 0.1) is 20.8 Å². The van der Waals surface area contributed by atoms with E-state index in [0.29, 0.717) is 23.6 Å². The summed E-state index contributed by atoms with van der Waals surface area (Å²) in [7, 11) is 3.05. The van der Waals surface area contributed by atoms with Crippen LogP contribution in [0.1, 0.15) is 40.9 Å². The molecular formula is C21H28N2O4S. The van der Waals surface area contributed by atoms with Crippen molar-refractivity contribution in [1.29, 1.82) is 0 Å². The first-order chi connectivity index (χ1) is 13.4. The van der Waals surface area contributed by atoms with Crippen LogP contribution in [0.25, 0.3) is 0 Å². The van der Waals surface area contributed by atoms with Crippen molar-refractivity contribution in [3.8, 4) is 11.5 Å². The molecule has 0 fully saturated rings. The van der Waals surface area contributed by atoms with E-state index in [1.54, 1.807) is 29.5 Å². The lowest BCUT2D eigenvalue weighted by Gasteiger charge is -2.22. The van der Waals surface area contributed by atoms with Crippen LogP contribution >= 0.6 is 11.3 Å². The quantitative estimate of drug-likeness (QED) is 0.672. The molecule has 0 aliphatic heterocycles. The van der Waals surface area contributed by atoms with Gasteiger partial charge in [-0.3, -0.25) is 9.59 Å². The Morgan fingerprint density at radius 1 is 1.04 bits per heavy atom. The summed E-state index contributed by atoms with van der Waals surface area (Å²) in [5.74, 6) is 0.407. The van der Waals surface area contributed by atoms with Gasteiger partial charge in [0.15, 0.2) is 0 Å². The number of aryl methyl sites for hydroxylation is 1. The smallest absolute Gasteiger partial charge is 0.252 e. The van der Waals surface area contributed by atoms with Crippen molar-refractivity contribution in [2.24, 2.45) is 5.92 Å². The summed E-state index contributed by atoms with van der Waals surface area (Å²) in [5, 5.41) is 5.76. The Balaban J connectivity index is 2.06. The van der Waals surface area contributed by atoms with Crippen molar-refractivity contribution in [3.63, 3.8) is 0 Å². The third kappa shape index (κ3) is 5.73. The molecule has 1 heterocycles. The molecule has 7 heteroatoms. The zero-order valence-corrected chi connectivity index (χ0v) is 17.8. The number of rotatable bonds is 9. The minimum atomic E-state index is -0.643. The van der Waals surface area contributed by atoms with Crippen molar-refractivity contribution in [1.82, 2.24) is 10.6 Å². The van der Waals surface area contributed by atoms with E-state index in [1.807, 2.05) is 19.9 Å². The molecule has 2 rings (SSSR count). The van der Waals surface area contributed by atoms with E-state index in [-0.39, 0.29) is 17.7 Å². The van der Waals surface area contributed by atoms with Crippen LogP contribution in [0.4, 0.5) is 0 Å². The van der Waals surface area contributed by atoms with Gasteiger partial charge in [0, 0.05) is 21.4 Å². The highest BCUT2D eigenvalue weighted by Gasteiger charge is 2.25. The zero-order valence-electron chi connectivity index (χ0n) is 17.0. The van der Waals surface area contributed by atoms with Gasteiger partial charge in [-0.1, -0.05) is 20.8 Å². The highest BCUT2D eigenvalue weighted by molar-refractivity contribution is 7.11. The Morgan fingerprint density at radius 3 is 2.14 bits per heavy atom. The van der Waals surface area contributed by atoms with Gasteiger partial charge in [-0.05, 0) is 36.6 Å². The van der Waals surface area contributed by atoms with Gasteiger partial charge in [-0.2, -0.15) is 0 Å². The van der Waals surface area contributed by atoms with Gasteiger partial charge in [0.2, 0.25) is 5.91 Å². The van der Waals surface area contributed by atoms with Crippen molar-refractivity contribution >= 4 is 23.2 Å². The summed E-state index contributed by atoms with van der Waals surface area (Å²) in [4.78, 5) is 27.8. The van der Waals surface area contributed by atoms with Gasteiger partial charge < -0.3 is 20.1 Å². The van der Waals surface area contributed by atoms with Crippen LogP contribution in [-0.4, -0.2) is 32.1 Å². The van der Waals surface area contributed by atoms with Crippen molar-refractivity contribution in [2.45, 2.75) is 39.8 Å². The Kier molecular flexibility index (Phi) is 7.87. The molecule has 0 saturated carbocycles. The summed E-state index contributed by atoms with van der Waals surface area (Å²) in [6.45, 7) is 6.36. The average Bonchev–Trinajstić information content (AvgIpc) is 3.17. The molecule has 152 valence electrons. The number of benzene rings is 1. The Labute approximate surface area is 170 Å². The minimum absolute atomic E-state index is 0.0639. The fraction of sp³-hybridized carbons (Fsp3) is 0.429. The van der Waals surface area contributed by atoms with E-state index in [1.165, 1.54) is 19.1 Å². The maximum absolute atomic E-state index is 12.7. The monoisotopic (exact) mass is 404 g/mol. The van der Waals surface area contributed by atoms with E-state index in [4.69, 9.17) is 9.47 Å². The summed E-state index contributed by atoms with van der Waals surface area (Å²) in [6.07, 6.45) is 0.979. The lowest BCUT2D eigenvalue weighted by Crippen LogP contribution is -2.49. The van der Waals surface area contributed by atoms with Gasteiger partial charge in [0.1, 0.15) is 17.5 Å². The molecule has 1 atom stereocenters. The first kappa shape index (κ1) is 21.8. The highest BCUT2D eigenvalue weighted by atomic mass is 32.1. The number of ether oxygens (including phenoxy) is 2. The largest absolute Gasteiger partial charge is 0.497 e. The number of hydrogen-bond acceptors (Lipinski definition) is 5. The fourth-order valence-corrected chi connectivity index (χ4v) is 3.59. The number of methoxy groups -OCH3 is 2. The van der Waals surface area contributed by atoms with E-state index in [2.05, 4.69) is 23.6 Å². The zero-order chi connectivity index (χ0) is 20.7. The first-order valence-corrected chi connectivity index (χ1v) is 10.1. The molecule has 2 N–H and O–H groups in total. The second kappa shape index (κ2) is 10.1. The SMILES string of the molecule is CCc1ccc(CNC(=O)C(NC(=O)c2cc(OC)cc(OC)c2)C(C)C)s1. The molecule has 0 saturated heterocycles. The van der Waals surface area contributed by atoms with Gasteiger partial charge in [-0.25, -0.2) is 0 Å². The first-order valence-electron chi connectivity index (χ1n) is 9.27. The third-order valence-corrected chi connectivity index (χ3v) is 5.58. The Hall–Kier alpha value is -2.54. The molecule has 6 nitrogen and oxygen atoms in total. The van der Waals surface area contributed by atoms with Crippen molar-refractivity contribution in [3.05, 3.63) is 45.6 Å². The highest BCUT2D eigenvalue weighted by Crippen LogP contribution is 2.23. The summed E-state index contributed by atoms with van der Waals surface area (Å²) in [6, 6.07) is 8.38. The topological polar surface area (TPSA) is 76.7 Å². The van der Waals surface area contributed by atoms with Crippen LogP contribution in [0.5, 0.6) is 11.5 Å². The minimum Gasteiger partial charge on any atom is -0.497 e. The van der Waals surface area contributed by atoms with Gasteiger partial charge >= 0.3 is 0 Å². The molecule has 2 amide bonds. The average molecular weight is 405 g/mol. The molecule has 1 unspecified atom stereocenters.